The highest BCUT2D eigenvalue weighted by Gasteiger charge is 2.30. The Morgan fingerprint density at radius 3 is 0.369 bits per heavy atom. The summed E-state index contributed by atoms with van der Waals surface area (Å²) in [5, 5.41) is 2.30. The molecule has 10 rings (SSSR count). The molecule has 0 aliphatic heterocycles. The summed E-state index contributed by atoms with van der Waals surface area (Å²) in [4.78, 5) is 110. The Morgan fingerprint density at radius 2 is 0.262 bits per heavy atom. The average molecular weight is 1760 g/mol. The van der Waals surface area contributed by atoms with Gasteiger partial charge in [-0.25, -0.2) is 38.4 Å². The summed E-state index contributed by atoms with van der Waals surface area (Å²) in [7, 11) is 0. The van der Waals surface area contributed by atoms with E-state index in [0.29, 0.717) is 200 Å². The van der Waals surface area contributed by atoms with Gasteiger partial charge in [0.15, 0.2) is 0 Å². The smallest absolute Gasteiger partial charge is 0.338 e. The fourth-order valence-electron chi connectivity index (χ4n) is 16.4. The van der Waals surface area contributed by atoms with Gasteiger partial charge in [-0.15, -0.1) is 0 Å². The van der Waals surface area contributed by atoms with Crippen molar-refractivity contribution in [2.24, 2.45) is 0 Å². The van der Waals surface area contributed by atoms with E-state index in [0.717, 1.165) is 158 Å². The molecule has 0 spiro atoms. The molecule has 10 aromatic carbocycles. The van der Waals surface area contributed by atoms with Crippen LogP contribution in [0.15, 0.2) is 194 Å². The normalized spacial score (nSPS) is 11.2. The summed E-state index contributed by atoms with van der Waals surface area (Å²) in [5.41, 5.74) is 21.4. The van der Waals surface area contributed by atoms with Gasteiger partial charge in [-0.1, -0.05) is 204 Å². The van der Waals surface area contributed by atoms with Gasteiger partial charge >= 0.3 is 47.8 Å². The molecule has 0 unspecified atom stereocenters. The molecule has 0 amide bonds. The van der Waals surface area contributed by atoms with E-state index in [1.54, 1.807) is 0 Å². The number of ether oxygens (including phenoxy) is 8. The quantitative estimate of drug-likeness (QED) is 0.0197. The number of esters is 8. The summed E-state index contributed by atoms with van der Waals surface area (Å²) >= 11 is 0. The predicted octanol–water partition coefficient (Wildman–Crippen LogP) is 24.8. The molecule has 0 saturated heterocycles. The molecule has 16 heteroatoms. The number of carbonyl (C=O) groups is 8. The van der Waals surface area contributed by atoms with Gasteiger partial charge in [-0.05, 0) is 351 Å². The molecule has 0 atom stereocenters. The van der Waals surface area contributed by atoms with Gasteiger partial charge in [-0.2, -0.15) is 0 Å². The van der Waals surface area contributed by atoms with E-state index in [1.807, 2.05) is 146 Å². The van der Waals surface area contributed by atoms with Gasteiger partial charge in [0.1, 0.15) is 0 Å². The second-order valence-corrected chi connectivity index (χ2v) is 34.1. The number of unbranched alkanes of at least 4 members (excludes halogenated alkanes) is 8. The number of aryl methyl sites for hydroxylation is 12. The molecule has 0 bridgehead atoms. The first kappa shape index (κ1) is 100. The van der Waals surface area contributed by atoms with Gasteiger partial charge in [0.05, 0.1) is 97.4 Å². The Bertz CT molecular complexity index is 4590. The van der Waals surface area contributed by atoms with Crippen molar-refractivity contribution in [2.75, 3.05) is 52.9 Å². The fraction of sp³-hybridized carbons (Fsp3) is 0.421. The van der Waals surface area contributed by atoms with Crippen LogP contribution in [0.3, 0.4) is 0 Å². The second kappa shape index (κ2) is 54.6. The van der Waals surface area contributed by atoms with Crippen LogP contribution in [-0.4, -0.2) is 101 Å². The number of hydrogen-bond donors (Lipinski definition) is 0. The first-order valence-corrected chi connectivity index (χ1v) is 48.2. The number of rotatable bonds is 56. The van der Waals surface area contributed by atoms with E-state index < -0.39 is 0 Å². The van der Waals surface area contributed by atoms with Crippen LogP contribution in [0.5, 0.6) is 0 Å². The zero-order valence-electron chi connectivity index (χ0n) is 78.3. The highest BCUT2D eigenvalue weighted by Crippen LogP contribution is 2.44. The number of carbonyl (C=O) groups excluding carboxylic acids is 8. The second-order valence-electron chi connectivity index (χ2n) is 34.1. The van der Waals surface area contributed by atoms with Crippen LogP contribution in [0.1, 0.15) is 330 Å². The van der Waals surface area contributed by atoms with Crippen LogP contribution in [-0.2, 0) is 141 Å². The van der Waals surface area contributed by atoms with E-state index in [4.69, 9.17) is 37.9 Å². The van der Waals surface area contributed by atoms with Crippen LogP contribution >= 0.6 is 0 Å². The Kier molecular flexibility index (Phi) is 42.2. The maximum Gasteiger partial charge on any atom is 0.338 e. The minimum Gasteiger partial charge on any atom is -0.462 e. The molecule has 130 heavy (non-hydrogen) atoms. The molecular weight excluding hydrogens is 1630 g/mol. The maximum atomic E-state index is 13.7. The Balaban J connectivity index is 1.34. The Hall–Kier alpha value is -11.8. The van der Waals surface area contributed by atoms with E-state index in [-0.39, 0.29) is 47.8 Å². The topological polar surface area (TPSA) is 210 Å². The van der Waals surface area contributed by atoms with E-state index in [2.05, 4.69) is 104 Å². The summed E-state index contributed by atoms with van der Waals surface area (Å²) in [6.07, 6.45) is 22.1. The molecule has 10 aromatic rings. The Labute approximate surface area is 771 Å². The molecule has 0 aliphatic rings. The zero-order valence-corrected chi connectivity index (χ0v) is 78.3. The van der Waals surface area contributed by atoms with E-state index in [9.17, 15) is 38.4 Å². The maximum absolute atomic E-state index is 13.7. The predicted molar refractivity (Wildman–Crippen MR) is 516 cm³/mol. The van der Waals surface area contributed by atoms with Crippen molar-refractivity contribution in [3.05, 3.63) is 328 Å². The average Bonchev–Trinajstić information content (AvgIpc) is 0.717. The SMILES string of the molecule is CCCCOC(=O)c1ccc(CCc2c(CCc3ccc(C(=O)OCCCC)cc3)c(CCc3ccc(C(=O)OCCCC)cc3)c3c(CCc4ccc(C(=O)OCCCC)cc4)c(CCc4ccc(C(=O)OCCCC)cc4)c(CCc4ccc(C(=O)OCCCC)cc4)c(CCc4ccc(C(=O)OCCCC)cc4)c3c2CCc2ccc(C(=O)OCCCC)cc2)cc1. The van der Waals surface area contributed by atoms with Crippen molar-refractivity contribution >= 4 is 58.5 Å². The van der Waals surface area contributed by atoms with Gasteiger partial charge in [-0.3, -0.25) is 0 Å². The molecule has 0 radical (unpaired) electrons. The van der Waals surface area contributed by atoms with Gasteiger partial charge in [0.2, 0.25) is 0 Å². The van der Waals surface area contributed by atoms with E-state index in [1.165, 1.54) is 44.5 Å². The molecular formula is C114H136O16. The first-order chi connectivity index (χ1) is 63.5. The number of fused-ring (bicyclic) bond motifs is 1. The minimum atomic E-state index is -0.374. The molecule has 0 aromatic heterocycles. The van der Waals surface area contributed by atoms with Crippen molar-refractivity contribution in [2.45, 2.75) is 261 Å². The minimum absolute atomic E-state index is 0.323. The van der Waals surface area contributed by atoms with Crippen molar-refractivity contribution in [1.29, 1.82) is 0 Å². The molecule has 16 nitrogen and oxygen atoms in total. The fourth-order valence-corrected chi connectivity index (χ4v) is 16.4. The van der Waals surface area contributed by atoms with Crippen LogP contribution < -0.4 is 0 Å². The summed E-state index contributed by atoms with van der Waals surface area (Å²) < 4.78 is 46.2. The van der Waals surface area contributed by atoms with Crippen LogP contribution in [0.4, 0.5) is 0 Å². The van der Waals surface area contributed by atoms with Crippen LogP contribution in [0.25, 0.3) is 10.8 Å². The lowest BCUT2D eigenvalue weighted by atomic mass is 9.73. The van der Waals surface area contributed by atoms with Gasteiger partial charge in [0, 0.05) is 0 Å². The molecule has 688 valence electrons. The van der Waals surface area contributed by atoms with Crippen molar-refractivity contribution in [3.8, 4) is 0 Å². The third kappa shape index (κ3) is 30.7. The number of hydrogen-bond acceptors (Lipinski definition) is 16. The highest BCUT2D eigenvalue weighted by molar-refractivity contribution is 5.99. The van der Waals surface area contributed by atoms with Crippen LogP contribution in [0, 0.1) is 0 Å². The molecule has 0 heterocycles. The lowest BCUT2D eigenvalue weighted by Gasteiger charge is -2.31. The molecule has 0 fully saturated rings. The molecule has 0 aliphatic carbocycles. The summed E-state index contributed by atoms with van der Waals surface area (Å²) in [6.45, 7) is 19.1. The van der Waals surface area contributed by atoms with Gasteiger partial charge < -0.3 is 37.9 Å². The third-order valence-corrected chi connectivity index (χ3v) is 24.3. The lowest BCUT2D eigenvalue weighted by Crippen LogP contribution is -2.18. The lowest BCUT2D eigenvalue weighted by molar-refractivity contribution is 0.0490. The first-order valence-electron chi connectivity index (χ1n) is 48.2. The van der Waals surface area contributed by atoms with E-state index >= 15 is 0 Å². The van der Waals surface area contributed by atoms with Crippen molar-refractivity contribution < 1.29 is 76.3 Å². The van der Waals surface area contributed by atoms with Crippen molar-refractivity contribution in [1.82, 2.24) is 0 Å². The standard InChI is InChI=1S/C114H136O16/c1-9-17-73-123-107(115)89-49-25-81(26-50-89)41-65-97-98(66-42-82-27-51-90(52-28-82)108(116)124-74-18-10-2)102(70-46-86-35-59-94(60-36-86)112(120)128-78-22-14-6)106-104(72-48-88-39-63-96(64-40-88)114(122)130-80-24-16-8)100(68-44-84-31-55-92(56-32-84)110(118)126-76-20-12-4)99(67-43-83-29-53-91(54-30-83)109(117)125-75-19-11-3)103(71-47-87-37-61-95(62-38-87)113(121)129-79-23-15-7)105(106)101(97)69-45-85-33-57-93(58-34-85)111(119)127-77-21-13-5/h25-40,49-64H,9-24,41-48,65-80H2,1-8H3. The third-order valence-electron chi connectivity index (χ3n) is 24.3. The molecule has 0 N–H and O–H groups in total. The van der Waals surface area contributed by atoms with Crippen molar-refractivity contribution in [3.63, 3.8) is 0 Å². The highest BCUT2D eigenvalue weighted by atomic mass is 16.6. The van der Waals surface area contributed by atoms with Crippen LogP contribution in [0.2, 0.25) is 0 Å². The zero-order chi connectivity index (χ0) is 92.2. The van der Waals surface area contributed by atoms with Gasteiger partial charge in [0.25, 0.3) is 0 Å². The monoisotopic (exact) mass is 1760 g/mol. The number of benzene rings is 10. The Morgan fingerprint density at radius 1 is 0.154 bits per heavy atom. The summed E-state index contributed by atoms with van der Waals surface area (Å²) in [6, 6.07) is 62.7. The summed E-state index contributed by atoms with van der Waals surface area (Å²) in [5.74, 6) is -2.98. The largest absolute Gasteiger partial charge is 0.462 e. The molecule has 0 saturated carbocycles.